The highest BCUT2D eigenvalue weighted by Crippen LogP contribution is 2.47. The molecule has 0 atom stereocenters. The lowest BCUT2D eigenvalue weighted by molar-refractivity contribution is 1.60. The Labute approximate surface area is 334 Å². The minimum atomic E-state index is 1.21. The van der Waals surface area contributed by atoms with Crippen LogP contribution in [0.15, 0.2) is 206 Å². The Balaban J connectivity index is 1.03. The molecule has 0 nitrogen and oxygen atoms in total. The molecule has 0 amide bonds. The lowest BCUT2D eigenvalue weighted by Gasteiger charge is -2.18. The molecule has 0 bridgehead atoms. The molecule has 0 aliphatic heterocycles. The summed E-state index contributed by atoms with van der Waals surface area (Å²) < 4.78 is 2.66. The van der Waals surface area contributed by atoms with Gasteiger partial charge in [-0.1, -0.05) is 182 Å². The Morgan fingerprint density at radius 2 is 0.737 bits per heavy atom. The van der Waals surface area contributed by atoms with Crippen LogP contribution in [0.3, 0.4) is 0 Å². The maximum absolute atomic E-state index is 2.44. The van der Waals surface area contributed by atoms with Crippen LogP contribution in [0, 0.1) is 0 Å². The maximum Gasteiger partial charge on any atom is 0.0361 e. The average Bonchev–Trinajstić information content (AvgIpc) is 3.67. The minimum absolute atomic E-state index is 1.21. The van der Waals surface area contributed by atoms with E-state index in [1.807, 2.05) is 11.3 Å². The van der Waals surface area contributed by atoms with E-state index in [9.17, 15) is 0 Å². The van der Waals surface area contributed by atoms with Gasteiger partial charge in [0, 0.05) is 20.2 Å². The Morgan fingerprint density at radius 3 is 1.44 bits per heavy atom. The van der Waals surface area contributed by atoms with Gasteiger partial charge in [-0.3, -0.25) is 0 Å². The maximum atomic E-state index is 2.44. The van der Waals surface area contributed by atoms with Gasteiger partial charge < -0.3 is 0 Å². The first-order valence-corrected chi connectivity index (χ1v) is 20.5. The topological polar surface area (TPSA) is 0 Å². The van der Waals surface area contributed by atoms with E-state index in [1.165, 1.54) is 119 Å². The fourth-order valence-electron chi connectivity index (χ4n) is 9.52. The van der Waals surface area contributed by atoms with E-state index in [2.05, 4.69) is 206 Å². The average molecular weight is 739 g/mol. The predicted octanol–water partition coefficient (Wildman–Crippen LogP) is 16.5. The van der Waals surface area contributed by atoms with E-state index in [1.54, 1.807) is 0 Å². The molecule has 0 fully saturated rings. The van der Waals surface area contributed by atoms with Crippen LogP contribution in [0.5, 0.6) is 0 Å². The first-order chi connectivity index (χ1) is 28.3. The SMILES string of the molecule is c1ccc(-c2cc3ccccc3c3ccccc23)c(-c2ccc(-c3c4ccccc4c(-c4ccc5sc6ccc7ccccc7c6c5c4)c4ccccc34)cc2)c1. The van der Waals surface area contributed by atoms with Crippen LogP contribution < -0.4 is 0 Å². The van der Waals surface area contributed by atoms with Crippen molar-refractivity contribution in [2.75, 3.05) is 0 Å². The van der Waals surface area contributed by atoms with Crippen LogP contribution in [0.25, 0.3) is 119 Å². The molecule has 1 heterocycles. The minimum Gasteiger partial charge on any atom is -0.135 e. The molecule has 0 spiro atoms. The van der Waals surface area contributed by atoms with Crippen LogP contribution in [-0.4, -0.2) is 0 Å². The monoisotopic (exact) mass is 738 g/mol. The summed E-state index contributed by atoms with van der Waals surface area (Å²) >= 11 is 1.89. The predicted molar refractivity (Wildman–Crippen MR) is 249 cm³/mol. The number of rotatable bonds is 4. The van der Waals surface area contributed by atoms with Gasteiger partial charge in [0.05, 0.1) is 0 Å². The summed E-state index contributed by atoms with van der Waals surface area (Å²) in [6, 6.07) is 76.5. The van der Waals surface area contributed by atoms with Gasteiger partial charge in [0.1, 0.15) is 0 Å². The first-order valence-electron chi connectivity index (χ1n) is 19.7. The van der Waals surface area contributed by atoms with Gasteiger partial charge >= 0.3 is 0 Å². The summed E-state index contributed by atoms with van der Waals surface area (Å²) in [4.78, 5) is 0. The van der Waals surface area contributed by atoms with Gasteiger partial charge in [-0.2, -0.15) is 0 Å². The van der Waals surface area contributed by atoms with Gasteiger partial charge in [-0.15, -0.1) is 11.3 Å². The van der Waals surface area contributed by atoms with Crippen molar-refractivity contribution in [1.82, 2.24) is 0 Å². The lowest BCUT2D eigenvalue weighted by Crippen LogP contribution is -1.91. The summed E-state index contributed by atoms with van der Waals surface area (Å²) in [6.07, 6.45) is 0. The van der Waals surface area contributed by atoms with Crippen LogP contribution in [-0.2, 0) is 0 Å². The van der Waals surface area contributed by atoms with Crippen molar-refractivity contribution in [1.29, 1.82) is 0 Å². The fourth-order valence-corrected chi connectivity index (χ4v) is 10.6. The molecule has 12 aromatic rings. The lowest BCUT2D eigenvalue weighted by atomic mass is 9.85. The number of hydrogen-bond acceptors (Lipinski definition) is 1. The van der Waals surface area contributed by atoms with Gasteiger partial charge in [0.15, 0.2) is 0 Å². The Hall–Kier alpha value is -7.06. The van der Waals surface area contributed by atoms with Crippen molar-refractivity contribution >= 4 is 85.4 Å². The Morgan fingerprint density at radius 1 is 0.246 bits per heavy atom. The van der Waals surface area contributed by atoms with Gasteiger partial charge in [0.2, 0.25) is 0 Å². The molecule has 0 unspecified atom stereocenters. The van der Waals surface area contributed by atoms with Crippen molar-refractivity contribution in [3.8, 4) is 44.5 Å². The number of hydrogen-bond donors (Lipinski definition) is 0. The molecule has 264 valence electrons. The number of fused-ring (bicyclic) bond motifs is 10. The number of thiophene rings is 1. The van der Waals surface area contributed by atoms with Crippen molar-refractivity contribution in [2.45, 2.75) is 0 Å². The van der Waals surface area contributed by atoms with Gasteiger partial charge in [-0.25, -0.2) is 0 Å². The molecule has 0 N–H and O–H groups in total. The van der Waals surface area contributed by atoms with Gasteiger partial charge in [-0.05, 0) is 123 Å². The van der Waals surface area contributed by atoms with E-state index in [0.717, 1.165) is 0 Å². The molecule has 12 rings (SSSR count). The summed E-state index contributed by atoms with van der Waals surface area (Å²) in [6.45, 7) is 0. The third kappa shape index (κ3) is 4.99. The smallest absolute Gasteiger partial charge is 0.0361 e. The standard InChI is InChI=1S/C56H34S/c1-4-17-42-35(13-1)29-32-53-56(42)51-34-39(30-31-52(51)57-53)55-48-23-11-9-21-46(48)54(47-22-10-12-24-49(47)55)37-27-25-36(26-28-37)40-15-5-6-19-44(40)50-33-38-14-2-3-16-41(38)43-18-7-8-20-45(43)50/h1-34H. The second-order valence-corrected chi connectivity index (χ2v) is 16.2. The van der Waals surface area contributed by atoms with Crippen molar-refractivity contribution in [2.24, 2.45) is 0 Å². The highest BCUT2D eigenvalue weighted by atomic mass is 32.1. The van der Waals surface area contributed by atoms with E-state index in [-0.39, 0.29) is 0 Å². The fraction of sp³-hybridized carbons (Fsp3) is 0. The third-order valence-electron chi connectivity index (χ3n) is 12.0. The molecule has 0 saturated heterocycles. The van der Waals surface area contributed by atoms with E-state index >= 15 is 0 Å². The highest BCUT2D eigenvalue weighted by molar-refractivity contribution is 7.26. The summed E-state index contributed by atoms with van der Waals surface area (Å²) in [7, 11) is 0. The summed E-state index contributed by atoms with van der Waals surface area (Å²) in [5, 5.41) is 15.5. The molecule has 0 saturated carbocycles. The molecule has 0 aliphatic carbocycles. The second kappa shape index (κ2) is 12.7. The molecular weight excluding hydrogens is 705 g/mol. The second-order valence-electron chi connectivity index (χ2n) is 15.1. The van der Waals surface area contributed by atoms with Gasteiger partial charge in [0.25, 0.3) is 0 Å². The zero-order valence-electron chi connectivity index (χ0n) is 31.0. The van der Waals surface area contributed by atoms with Crippen molar-refractivity contribution < 1.29 is 0 Å². The molecule has 11 aromatic carbocycles. The van der Waals surface area contributed by atoms with Crippen molar-refractivity contribution in [3.05, 3.63) is 206 Å². The van der Waals surface area contributed by atoms with Crippen LogP contribution in [0.2, 0.25) is 0 Å². The molecule has 0 aliphatic rings. The first kappa shape index (κ1) is 32.2. The highest BCUT2D eigenvalue weighted by Gasteiger charge is 2.19. The Bertz CT molecular complexity index is 3510. The molecule has 57 heavy (non-hydrogen) atoms. The van der Waals surface area contributed by atoms with Crippen LogP contribution in [0.4, 0.5) is 0 Å². The van der Waals surface area contributed by atoms with Crippen molar-refractivity contribution in [3.63, 3.8) is 0 Å². The van der Waals surface area contributed by atoms with E-state index < -0.39 is 0 Å². The normalized spacial score (nSPS) is 11.9. The van der Waals surface area contributed by atoms with E-state index in [4.69, 9.17) is 0 Å². The zero-order valence-corrected chi connectivity index (χ0v) is 31.9. The quantitative estimate of drug-likeness (QED) is 0.125. The van der Waals surface area contributed by atoms with E-state index in [0.29, 0.717) is 0 Å². The number of benzene rings is 11. The third-order valence-corrected chi connectivity index (χ3v) is 13.2. The van der Waals surface area contributed by atoms with Crippen LogP contribution >= 0.6 is 11.3 Å². The molecular formula is C56H34S. The Kier molecular flexibility index (Phi) is 7.20. The molecule has 1 heteroatoms. The summed E-state index contributed by atoms with van der Waals surface area (Å²) in [5.74, 6) is 0. The molecule has 0 radical (unpaired) electrons. The largest absolute Gasteiger partial charge is 0.135 e. The molecule has 1 aromatic heterocycles. The zero-order chi connectivity index (χ0) is 37.5. The van der Waals surface area contributed by atoms with Crippen LogP contribution in [0.1, 0.15) is 0 Å². The summed E-state index contributed by atoms with van der Waals surface area (Å²) in [5.41, 5.74) is 9.99.